The van der Waals surface area contributed by atoms with Gasteiger partial charge in [0.1, 0.15) is 5.75 Å². The van der Waals surface area contributed by atoms with Crippen LogP contribution < -0.4 is 9.64 Å². The van der Waals surface area contributed by atoms with E-state index in [0.717, 1.165) is 44.2 Å². The van der Waals surface area contributed by atoms with Crippen LogP contribution in [0.4, 0.5) is 5.69 Å². The van der Waals surface area contributed by atoms with E-state index in [4.69, 9.17) is 9.47 Å². The zero-order valence-corrected chi connectivity index (χ0v) is 12.9. The van der Waals surface area contributed by atoms with Crippen LogP contribution in [-0.2, 0) is 9.53 Å². The van der Waals surface area contributed by atoms with E-state index in [9.17, 15) is 4.79 Å². The number of anilines is 1. The molecule has 5 heteroatoms. The molecule has 0 N–H and O–H groups in total. The number of rotatable bonds is 6. The number of esters is 1. The molecule has 1 aromatic carbocycles. The van der Waals surface area contributed by atoms with Gasteiger partial charge < -0.3 is 14.4 Å². The number of carbonyl (C=O) groups is 1. The molecule has 1 heterocycles. The smallest absolute Gasteiger partial charge is 0.307 e. The van der Waals surface area contributed by atoms with Gasteiger partial charge in [-0.1, -0.05) is 12.1 Å². The third-order valence-corrected chi connectivity index (χ3v) is 3.74. The lowest BCUT2D eigenvalue weighted by Crippen LogP contribution is -2.47. The maximum absolute atomic E-state index is 11.4. The van der Waals surface area contributed by atoms with Crippen molar-refractivity contribution in [3.8, 4) is 5.75 Å². The first-order valence-corrected chi connectivity index (χ1v) is 7.50. The summed E-state index contributed by atoms with van der Waals surface area (Å²) in [6, 6.07) is 8.10. The summed E-state index contributed by atoms with van der Waals surface area (Å²) in [5.41, 5.74) is 1.14. The van der Waals surface area contributed by atoms with Gasteiger partial charge in [0.2, 0.25) is 0 Å². The molecule has 0 amide bonds. The highest BCUT2D eigenvalue weighted by Gasteiger charge is 2.19. The Kier molecular flexibility index (Phi) is 5.87. The minimum atomic E-state index is -0.107. The Morgan fingerprint density at radius 3 is 2.57 bits per heavy atom. The van der Waals surface area contributed by atoms with Crippen LogP contribution in [0.5, 0.6) is 5.75 Å². The summed E-state index contributed by atoms with van der Waals surface area (Å²) in [6.45, 7) is 6.88. The van der Waals surface area contributed by atoms with Crippen LogP contribution in [0.3, 0.4) is 0 Å². The molecule has 1 aliphatic rings. The quantitative estimate of drug-likeness (QED) is 0.748. The first-order chi connectivity index (χ1) is 10.2. The standard InChI is InChI=1S/C16H24N2O3/c1-3-21-16(19)8-9-17-10-12-18(13-11-17)14-6-4-5-7-15(14)20-2/h4-7H,3,8-13H2,1-2H3. The number of para-hydroxylation sites is 2. The highest BCUT2D eigenvalue weighted by atomic mass is 16.5. The van der Waals surface area contributed by atoms with Crippen LogP contribution in [0.1, 0.15) is 13.3 Å². The molecular weight excluding hydrogens is 268 g/mol. The molecule has 116 valence electrons. The molecular formula is C16H24N2O3. The molecule has 1 saturated heterocycles. The Bertz CT molecular complexity index is 457. The summed E-state index contributed by atoms with van der Waals surface area (Å²) >= 11 is 0. The average molecular weight is 292 g/mol. The number of carbonyl (C=O) groups excluding carboxylic acids is 1. The van der Waals surface area contributed by atoms with Gasteiger partial charge >= 0.3 is 5.97 Å². The molecule has 2 rings (SSSR count). The number of hydrogen-bond donors (Lipinski definition) is 0. The van der Waals surface area contributed by atoms with Gasteiger partial charge in [-0.05, 0) is 19.1 Å². The molecule has 21 heavy (non-hydrogen) atoms. The van der Waals surface area contributed by atoms with E-state index >= 15 is 0 Å². The molecule has 0 bridgehead atoms. The van der Waals surface area contributed by atoms with Gasteiger partial charge in [0.25, 0.3) is 0 Å². The van der Waals surface area contributed by atoms with E-state index in [1.54, 1.807) is 7.11 Å². The lowest BCUT2D eigenvalue weighted by molar-refractivity contribution is -0.143. The largest absolute Gasteiger partial charge is 0.495 e. The Morgan fingerprint density at radius 2 is 1.90 bits per heavy atom. The predicted molar refractivity (Wildman–Crippen MR) is 82.9 cm³/mol. The number of methoxy groups -OCH3 is 1. The third-order valence-electron chi connectivity index (χ3n) is 3.74. The zero-order valence-electron chi connectivity index (χ0n) is 12.9. The van der Waals surface area contributed by atoms with Crippen LogP contribution >= 0.6 is 0 Å². The van der Waals surface area contributed by atoms with Crippen molar-refractivity contribution < 1.29 is 14.3 Å². The summed E-state index contributed by atoms with van der Waals surface area (Å²) in [6.07, 6.45) is 0.475. The van der Waals surface area contributed by atoms with E-state index in [0.29, 0.717) is 13.0 Å². The normalized spacial score (nSPS) is 15.8. The number of hydrogen-bond acceptors (Lipinski definition) is 5. The summed E-state index contributed by atoms with van der Waals surface area (Å²) in [5, 5.41) is 0. The zero-order chi connectivity index (χ0) is 15.1. The molecule has 1 aromatic rings. The first-order valence-electron chi connectivity index (χ1n) is 7.50. The molecule has 0 aliphatic carbocycles. The van der Waals surface area contributed by atoms with Crippen LogP contribution in [0, 0.1) is 0 Å². The molecule has 0 aromatic heterocycles. The van der Waals surface area contributed by atoms with Crippen molar-refractivity contribution in [3.05, 3.63) is 24.3 Å². The molecule has 0 atom stereocenters. The van der Waals surface area contributed by atoms with Crippen molar-refractivity contribution in [2.75, 3.05) is 51.3 Å². The fourth-order valence-electron chi connectivity index (χ4n) is 2.59. The van der Waals surface area contributed by atoms with E-state index in [2.05, 4.69) is 15.9 Å². The number of piperazine rings is 1. The van der Waals surface area contributed by atoms with Gasteiger partial charge in [-0.15, -0.1) is 0 Å². The maximum atomic E-state index is 11.4. The van der Waals surface area contributed by atoms with Crippen molar-refractivity contribution >= 4 is 11.7 Å². The number of ether oxygens (including phenoxy) is 2. The predicted octanol–water partition coefficient (Wildman–Crippen LogP) is 1.77. The highest BCUT2D eigenvalue weighted by molar-refractivity contribution is 5.69. The van der Waals surface area contributed by atoms with E-state index in [1.807, 2.05) is 25.1 Å². The van der Waals surface area contributed by atoms with Crippen molar-refractivity contribution in [1.82, 2.24) is 4.90 Å². The SMILES string of the molecule is CCOC(=O)CCN1CCN(c2ccccc2OC)CC1. The summed E-state index contributed by atoms with van der Waals surface area (Å²) in [7, 11) is 1.70. The van der Waals surface area contributed by atoms with Gasteiger partial charge in [0, 0.05) is 32.7 Å². The lowest BCUT2D eigenvalue weighted by Gasteiger charge is -2.36. The van der Waals surface area contributed by atoms with Gasteiger partial charge in [0.15, 0.2) is 0 Å². The molecule has 5 nitrogen and oxygen atoms in total. The van der Waals surface area contributed by atoms with Crippen molar-refractivity contribution in [2.45, 2.75) is 13.3 Å². The molecule has 0 spiro atoms. The van der Waals surface area contributed by atoms with Crippen LogP contribution in [0.2, 0.25) is 0 Å². The average Bonchev–Trinajstić information content (AvgIpc) is 2.54. The molecule has 1 aliphatic heterocycles. The van der Waals surface area contributed by atoms with Crippen molar-refractivity contribution in [2.24, 2.45) is 0 Å². The lowest BCUT2D eigenvalue weighted by atomic mass is 10.2. The third kappa shape index (κ3) is 4.36. The van der Waals surface area contributed by atoms with Gasteiger partial charge in [0.05, 0.1) is 25.8 Å². The van der Waals surface area contributed by atoms with Gasteiger partial charge in [-0.25, -0.2) is 0 Å². The first kappa shape index (κ1) is 15.6. The van der Waals surface area contributed by atoms with E-state index < -0.39 is 0 Å². The van der Waals surface area contributed by atoms with Crippen LogP contribution in [0.15, 0.2) is 24.3 Å². The topological polar surface area (TPSA) is 42.0 Å². The molecule has 0 radical (unpaired) electrons. The minimum absolute atomic E-state index is 0.107. The Morgan fingerprint density at radius 1 is 1.19 bits per heavy atom. The number of benzene rings is 1. The van der Waals surface area contributed by atoms with Crippen molar-refractivity contribution in [1.29, 1.82) is 0 Å². The van der Waals surface area contributed by atoms with Crippen LogP contribution in [-0.4, -0.2) is 57.3 Å². The Balaban J connectivity index is 1.81. The Labute approximate surface area is 126 Å². The van der Waals surface area contributed by atoms with Gasteiger partial charge in [-0.2, -0.15) is 0 Å². The maximum Gasteiger partial charge on any atom is 0.307 e. The highest BCUT2D eigenvalue weighted by Crippen LogP contribution is 2.28. The molecule has 0 saturated carbocycles. The molecule has 0 unspecified atom stereocenters. The minimum Gasteiger partial charge on any atom is -0.495 e. The summed E-state index contributed by atoms with van der Waals surface area (Å²) in [4.78, 5) is 16.0. The van der Waals surface area contributed by atoms with Crippen molar-refractivity contribution in [3.63, 3.8) is 0 Å². The fourth-order valence-corrected chi connectivity index (χ4v) is 2.59. The van der Waals surface area contributed by atoms with Gasteiger partial charge in [-0.3, -0.25) is 9.69 Å². The second kappa shape index (κ2) is 7.88. The molecule has 1 fully saturated rings. The fraction of sp³-hybridized carbons (Fsp3) is 0.562. The van der Waals surface area contributed by atoms with Crippen LogP contribution in [0.25, 0.3) is 0 Å². The second-order valence-electron chi connectivity index (χ2n) is 5.06. The summed E-state index contributed by atoms with van der Waals surface area (Å²) in [5.74, 6) is 0.808. The second-order valence-corrected chi connectivity index (χ2v) is 5.06. The Hall–Kier alpha value is -1.75. The number of nitrogens with zero attached hydrogens (tertiary/aromatic N) is 2. The monoisotopic (exact) mass is 292 g/mol. The van der Waals surface area contributed by atoms with E-state index in [1.165, 1.54) is 0 Å². The summed E-state index contributed by atoms with van der Waals surface area (Å²) < 4.78 is 10.4. The van der Waals surface area contributed by atoms with E-state index in [-0.39, 0.29) is 5.97 Å².